The smallest absolute Gasteiger partial charge is 0.305 e. The van der Waals surface area contributed by atoms with Crippen molar-refractivity contribution in [1.82, 2.24) is 5.32 Å². The van der Waals surface area contributed by atoms with Gasteiger partial charge in [-0.15, -0.1) is 0 Å². The van der Waals surface area contributed by atoms with Gasteiger partial charge in [-0.2, -0.15) is 0 Å². The number of hydrogen-bond donors (Lipinski definition) is 6. The summed E-state index contributed by atoms with van der Waals surface area (Å²) < 4.78 is 16.7. The van der Waals surface area contributed by atoms with Crippen LogP contribution in [0.15, 0.2) is 36.5 Å². The van der Waals surface area contributed by atoms with E-state index in [9.17, 15) is 35.1 Å². The van der Waals surface area contributed by atoms with Crippen LogP contribution in [0.1, 0.15) is 328 Å². The summed E-state index contributed by atoms with van der Waals surface area (Å²) in [7, 11) is 0. The predicted octanol–water partition coefficient (Wildman–Crippen LogP) is 17.0. The number of amides is 1. The van der Waals surface area contributed by atoms with Crippen LogP contribution in [-0.4, -0.2) is 100 Å². The zero-order valence-electron chi connectivity index (χ0n) is 52.1. The first-order valence-corrected chi connectivity index (χ1v) is 34.3. The Morgan fingerprint density at radius 2 is 0.812 bits per heavy atom. The first-order valence-electron chi connectivity index (χ1n) is 34.3. The molecule has 0 aromatic heterocycles. The van der Waals surface area contributed by atoms with Crippen molar-refractivity contribution in [2.75, 3.05) is 19.8 Å². The first-order chi connectivity index (χ1) is 39.2. The van der Waals surface area contributed by atoms with Gasteiger partial charge in [0.2, 0.25) is 5.91 Å². The Morgan fingerprint density at radius 1 is 0.450 bits per heavy atom. The molecular weight excluding hydrogens is 1000 g/mol. The van der Waals surface area contributed by atoms with Crippen LogP contribution in [0.3, 0.4) is 0 Å². The molecule has 1 heterocycles. The van der Waals surface area contributed by atoms with E-state index in [1.165, 1.54) is 244 Å². The topological polar surface area (TPSA) is 175 Å². The van der Waals surface area contributed by atoms with Gasteiger partial charge in [0.1, 0.15) is 24.4 Å². The molecule has 0 radical (unpaired) electrons. The second-order valence-electron chi connectivity index (χ2n) is 23.9. The van der Waals surface area contributed by atoms with Crippen LogP contribution in [0.5, 0.6) is 0 Å². The fourth-order valence-corrected chi connectivity index (χ4v) is 10.8. The van der Waals surface area contributed by atoms with Crippen LogP contribution >= 0.6 is 0 Å². The van der Waals surface area contributed by atoms with E-state index in [-0.39, 0.29) is 18.5 Å². The van der Waals surface area contributed by atoms with E-state index in [2.05, 4.69) is 43.5 Å². The fourth-order valence-electron chi connectivity index (χ4n) is 10.8. The normalized spacial score (nSPS) is 18.5. The summed E-state index contributed by atoms with van der Waals surface area (Å²) in [5.74, 6) is -0.181. The van der Waals surface area contributed by atoms with Crippen molar-refractivity contribution in [2.24, 2.45) is 0 Å². The maximum absolute atomic E-state index is 13.0. The number of aliphatic hydroxyl groups is 5. The fraction of sp³-hybridized carbons (Fsp3) is 0.884. The molecule has 1 rings (SSSR count). The molecule has 0 saturated carbocycles. The minimum Gasteiger partial charge on any atom is -0.466 e. The molecule has 1 amide bonds. The number of rotatable bonds is 60. The highest BCUT2D eigenvalue weighted by molar-refractivity contribution is 5.76. The number of nitrogens with one attached hydrogen (secondary N) is 1. The molecule has 1 aliphatic heterocycles. The Balaban J connectivity index is 1.92. The van der Waals surface area contributed by atoms with E-state index < -0.39 is 49.5 Å². The molecule has 7 atom stereocenters. The minimum absolute atomic E-state index is 0.000548. The lowest BCUT2D eigenvalue weighted by atomic mass is 9.99. The average molecular weight is 1130 g/mol. The molecule has 470 valence electrons. The molecule has 1 aliphatic rings. The van der Waals surface area contributed by atoms with Crippen molar-refractivity contribution in [1.29, 1.82) is 0 Å². The molecule has 11 heteroatoms. The number of unbranched alkanes of at least 4 members (excludes halogenated alkanes) is 42. The molecule has 0 spiro atoms. The van der Waals surface area contributed by atoms with Crippen molar-refractivity contribution in [2.45, 2.75) is 371 Å². The van der Waals surface area contributed by atoms with E-state index in [1.54, 1.807) is 6.08 Å². The van der Waals surface area contributed by atoms with Gasteiger partial charge in [0.25, 0.3) is 0 Å². The Kier molecular flexibility index (Phi) is 55.6. The summed E-state index contributed by atoms with van der Waals surface area (Å²) in [5.41, 5.74) is 0. The second-order valence-corrected chi connectivity index (χ2v) is 23.9. The van der Waals surface area contributed by atoms with Gasteiger partial charge in [-0.25, -0.2) is 0 Å². The molecule has 0 aromatic carbocycles. The van der Waals surface area contributed by atoms with Gasteiger partial charge in [0, 0.05) is 12.8 Å². The summed E-state index contributed by atoms with van der Waals surface area (Å²) >= 11 is 0. The number of carbonyl (C=O) groups excluding carboxylic acids is 2. The maximum Gasteiger partial charge on any atom is 0.305 e. The molecule has 1 saturated heterocycles. The summed E-state index contributed by atoms with van der Waals surface area (Å²) in [5, 5.41) is 54.3. The standard InChI is InChI=1S/C69H129NO10/c1-3-5-7-9-11-13-36-41-45-49-53-57-65(74)78-58-54-50-46-42-38-35-33-31-29-27-25-23-21-19-17-15-14-16-18-20-22-24-26-28-30-32-34-37-40-44-48-52-56-64(73)70-61(62(72)55-51-47-43-39-12-10-8-6-4-2)60-79-69-68(77)67(76)66(75)63(59-71)80-69/h9,11,17,19,51,55,61-63,66-69,71-72,75-77H,3-8,10,12-16,18,20-50,52-54,56-60H2,1-2H3,(H,70,73)/b11-9-,19-17-,55-51+. The van der Waals surface area contributed by atoms with Gasteiger partial charge in [0.15, 0.2) is 6.29 Å². The van der Waals surface area contributed by atoms with E-state index >= 15 is 0 Å². The van der Waals surface area contributed by atoms with E-state index in [0.29, 0.717) is 19.4 Å². The van der Waals surface area contributed by atoms with E-state index in [0.717, 1.165) is 57.8 Å². The van der Waals surface area contributed by atoms with Gasteiger partial charge in [0.05, 0.1) is 32.0 Å². The van der Waals surface area contributed by atoms with Crippen molar-refractivity contribution in [3.63, 3.8) is 0 Å². The monoisotopic (exact) mass is 1130 g/mol. The number of aliphatic hydroxyl groups excluding tert-OH is 5. The number of carbonyl (C=O) groups is 2. The largest absolute Gasteiger partial charge is 0.466 e. The number of esters is 1. The summed E-state index contributed by atoms with van der Waals surface area (Å²) in [6.45, 7) is 4.30. The highest BCUT2D eigenvalue weighted by Gasteiger charge is 2.44. The average Bonchev–Trinajstić information content (AvgIpc) is 3.45. The van der Waals surface area contributed by atoms with Gasteiger partial charge in [-0.05, 0) is 77.0 Å². The molecule has 0 aromatic rings. The number of ether oxygens (including phenoxy) is 3. The minimum atomic E-state index is -1.57. The zero-order valence-corrected chi connectivity index (χ0v) is 52.1. The number of hydrogen-bond acceptors (Lipinski definition) is 10. The summed E-state index contributed by atoms with van der Waals surface area (Å²) in [4.78, 5) is 25.0. The SMILES string of the molecule is CCCC/C=C\CCCCCCCC(=O)OCCCCCCCCCCCCCC/C=C\CCCCCCCCCCCCCCCCCCC(=O)NC(COC1OC(CO)C(O)C(O)C1O)C(O)/C=C/CCCCCCCCC. The molecular formula is C69H129NO10. The van der Waals surface area contributed by atoms with Gasteiger partial charge >= 0.3 is 5.97 Å². The lowest BCUT2D eigenvalue weighted by Crippen LogP contribution is -2.60. The molecule has 80 heavy (non-hydrogen) atoms. The predicted molar refractivity (Wildman–Crippen MR) is 334 cm³/mol. The summed E-state index contributed by atoms with van der Waals surface area (Å²) in [6.07, 6.45) is 64.4. The third-order valence-corrected chi connectivity index (χ3v) is 16.2. The zero-order chi connectivity index (χ0) is 58.0. The first kappa shape index (κ1) is 75.9. The van der Waals surface area contributed by atoms with Crippen molar-refractivity contribution >= 4 is 11.9 Å². The lowest BCUT2D eigenvalue weighted by Gasteiger charge is -2.40. The van der Waals surface area contributed by atoms with Crippen LogP contribution in [0.4, 0.5) is 0 Å². The Morgan fingerprint density at radius 3 is 1.24 bits per heavy atom. The van der Waals surface area contributed by atoms with Crippen LogP contribution in [-0.2, 0) is 23.8 Å². The second kappa shape index (κ2) is 58.6. The van der Waals surface area contributed by atoms with Crippen LogP contribution in [0, 0.1) is 0 Å². The Bertz CT molecular complexity index is 1420. The van der Waals surface area contributed by atoms with Gasteiger partial charge in [-0.1, -0.05) is 275 Å². The van der Waals surface area contributed by atoms with Crippen molar-refractivity contribution in [3.05, 3.63) is 36.5 Å². The van der Waals surface area contributed by atoms with Crippen molar-refractivity contribution in [3.8, 4) is 0 Å². The molecule has 1 fully saturated rings. The quantitative estimate of drug-likeness (QED) is 0.0195. The maximum atomic E-state index is 13.0. The third kappa shape index (κ3) is 47.3. The van der Waals surface area contributed by atoms with Crippen LogP contribution < -0.4 is 5.32 Å². The highest BCUT2D eigenvalue weighted by atomic mass is 16.7. The molecule has 6 N–H and O–H groups in total. The molecule has 7 unspecified atom stereocenters. The van der Waals surface area contributed by atoms with Crippen LogP contribution in [0.25, 0.3) is 0 Å². The Hall–Kier alpha value is -2.12. The lowest BCUT2D eigenvalue weighted by molar-refractivity contribution is -0.302. The van der Waals surface area contributed by atoms with Gasteiger partial charge in [-0.3, -0.25) is 9.59 Å². The third-order valence-electron chi connectivity index (χ3n) is 16.2. The van der Waals surface area contributed by atoms with E-state index in [4.69, 9.17) is 14.2 Å². The molecule has 0 bridgehead atoms. The highest BCUT2D eigenvalue weighted by Crippen LogP contribution is 2.23. The Labute approximate surface area is 492 Å². The van der Waals surface area contributed by atoms with Gasteiger partial charge < -0.3 is 45.1 Å². The van der Waals surface area contributed by atoms with E-state index in [1.807, 2.05) is 6.08 Å². The van der Waals surface area contributed by atoms with Crippen LogP contribution in [0.2, 0.25) is 0 Å². The summed E-state index contributed by atoms with van der Waals surface area (Å²) in [6, 6.07) is -0.806. The number of allylic oxidation sites excluding steroid dienone is 5. The molecule has 0 aliphatic carbocycles. The van der Waals surface area contributed by atoms with Crippen molar-refractivity contribution < 1.29 is 49.3 Å². The molecule has 11 nitrogen and oxygen atoms in total.